The first-order chi connectivity index (χ1) is 10.6. The Kier molecular flexibility index (Phi) is 6.10. The summed E-state index contributed by atoms with van der Waals surface area (Å²) in [6.45, 7) is 6.62. The van der Waals surface area contributed by atoms with Crippen molar-refractivity contribution in [1.82, 2.24) is 10.2 Å². The molecular weight excluding hydrogens is 275 g/mol. The third kappa shape index (κ3) is 4.93. The minimum Gasteiger partial charge on any atom is -0.309 e. The first-order valence-electron chi connectivity index (χ1n) is 7.78. The number of halogens is 1. The van der Waals surface area contributed by atoms with Crippen LogP contribution >= 0.6 is 0 Å². The molecule has 22 heavy (non-hydrogen) atoms. The molecule has 0 aliphatic rings. The van der Waals surface area contributed by atoms with Crippen LogP contribution in [0.25, 0.3) is 0 Å². The summed E-state index contributed by atoms with van der Waals surface area (Å²) in [4.78, 5) is 2.31. The number of nitrogens with one attached hydrogen (secondary N) is 1. The van der Waals surface area contributed by atoms with Gasteiger partial charge in [-0.15, -0.1) is 0 Å². The molecule has 0 aliphatic heterocycles. The standard InChI is InChI=1S/C19H25FN2/c1-15(2)22(3)14-17-8-6-7-16(11-17)12-21-13-18-9-4-5-10-19(18)20/h4-11,15,21H,12-14H2,1-3H3. The highest BCUT2D eigenvalue weighted by atomic mass is 19.1. The second-order valence-corrected chi connectivity index (χ2v) is 6.02. The van der Waals surface area contributed by atoms with Crippen LogP contribution in [0.3, 0.4) is 0 Å². The first-order valence-corrected chi connectivity index (χ1v) is 7.78. The zero-order chi connectivity index (χ0) is 15.9. The van der Waals surface area contributed by atoms with Gasteiger partial charge in [0.15, 0.2) is 0 Å². The van der Waals surface area contributed by atoms with Crippen LogP contribution in [-0.4, -0.2) is 18.0 Å². The predicted octanol–water partition coefficient (Wildman–Crippen LogP) is 3.96. The zero-order valence-electron chi connectivity index (χ0n) is 13.6. The molecule has 2 aromatic rings. The third-order valence-electron chi connectivity index (χ3n) is 3.91. The zero-order valence-corrected chi connectivity index (χ0v) is 13.6. The summed E-state index contributed by atoms with van der Waals surface area (Å²) in [6.07, 6.45) is 0. The van der Waals surface area contributed by atoms with Crippen LogP contribution in [0, 0.1) is 5.82 Å². The highest BCUT2D eigenvalue weighted by Gasteiger charge is 2.05. The molecule has 0 saturated heterocycles. The maximum Gasteiger partial charge on any atom is 0.127 e. The smallest absolute Gasteiger partial charge is 0.127 e. The first kappa shape index (κ1) is 16.7. The van der Waals surface area contributed by atoms with Gasteiger partial charge in [0, 0.05) is 31.2 Å². The second kappa shape index (κ2) is 8.06. The largest absolute Gasteiger partial charge is 0.309 e. The fourth-order valence-electron chi connectivity index (χ4n) is 2.29. The molecule has 1 N–H and O–H groups in total. The van der Waals surface area contributed by atoms with Gasteiger partial charge in [-0.3, -0.25) is 4.90 Å². The Morgan fingerprint density at radius 2 is 1.73 bits per heavy atom. The van der Waals surface area contributed by atoms with E-state index in [9.17, 15) is 4.39 Å². The van der Waals surface area contributed by atoms with Crippen LogP contribution in [0.15, 0.2) is 48.5 Å². The number of benzene rings is 2. The summed E-state index contributed by atoms with van der Waals surface area (Å²) in [7, 11) is 2.13. The van der Waals surface area contributed by atoms with Crippen LogP contribution < -0.4 is 5.32 Å². The fourth-order valence-corrected chi connectivity index (χ4v) is 2.29. The molecule has 0 atom stereocenters. The van der Waals surface area contributed by atoms with Gasteiger partial charge < -0.3 is 5.32 Å². The van der Waals surface area contributed by atoms with Crippen molar-refractivity contribution >= 4 is 0 Å². The molecule has 0 fully saturated rings. The Morgan fingerprint density at radius 3 is 2.45 bits per heavy atom. The van der Waals surface area contributed by atoms with Gasteiger partial charge in [0.05, 0.1) is 0 Å². The van der Waals surface area contributed by atoms with Crippen molar-refractivity contribution in [3.8, 4) is 0 Å². The van der Waals surface area contributed by atoms with Gasteiger partial charge in [-0.2, -0.15) is 0 Å². The van der Waals surface area contributed by atoms with Crippen LogP contribution in [0.1, 0.15) is 30.5 Å². The van der Waals surface area contributed by atoms with E-state index < -0.39 is 0 Å². The van der Waals surface area contributed by atoms with Crippen molar-refractivity contribution < 1.29 is 4.39 Å². The number of hydrogen-bond donors (Lipinski definition) is 1. The second-order valence-electron chi connectivity index (χ2n) is 6.02. The van der Waals surface area contributed by atoms with Gasteiger partial charge >= 0.3 is 0 Å². The van der Waals surface area contributed by atoms with E-state index >= 15 is 0 Å². The highest BCUT2D eigenvalue weighted by molar-refractivity contribution is 5.24. The number of hydrogen-bond acceptors (Lipinski definition) is 2. The lowest BCUT2D eigenvalue weighted by molar-refractivity contribution is 0.266. The molecular formula is C19H25FN2. The Bertz CT molecular complexity index is 595. The van der Waals surface area contributed by atoms with E-state index in [1.165, 1.54) is 17.2 Å². The lowest BCUT2D eigenvalue weighted by atomic mass is 10.1. The SMILES string of the molecule is CC(C)N(C)Cc1cccc(CNCc2ccccc2F)c1. The average molecular weight is 300 g/mol. The van der Waals surface area contributed by atoms with Gasteiger partial charge in [-0.05, 0) is 38.1 Å². The normalized spacial score (nSPS) is 11.4. The quantitative estimate of drug-likeness (QED) is 0.833. The van der Waals surface area contributed by atoms with Crippen LogP contribution in [0.2, 0.25) is 0 Å². The van der Waals surface area contributed by atoms with Crippen molar-refractivity contribution in [2.24, 2.45) is 0 Å². The van der Waals surface area contributed by atoms with Crippen molar-refractivity contribution in [1.29, 1.82) is 0 Å². The molecule has 2 nitrogen and oxygen atoms in total. The maximum atomic E-state index is 13.6. The van der Waals surface area contributed by atoms with E-state index in [4.69, 9.17) is 0 Å². The Balaban J connectivity index is 1.89. The van der Waals surface area contributed by atoms with Gasteiger partial charge in [0.1, 0.15) is 5.82 Å². The molecule has 0 aromatic heterocycles. The molecule has 2 rings (SSSR count). The van der Waals surface area contributed by atoms with Crippen LogP contribution in [0.4, 0.5) is 4.39 Å². The Hall–Kier alpha value is -1.71. The van der Waals surface area contributed by atoms with Crippen molar-refractivity contribution in [2.45, 2.75) is 39.5 Å². The molecule has 0 unspecified atom stereocenters. The maximum absolute atomic E-state index is 13.6. The summed E-state index contributed by atoms with van der Waals surface area (Å²) in [5.74, 6) is -0.151. The summed E-state index contributed by atoms with van der Waals surface area (Å²) in [6, 6.07) is 16.0. The lowest BCUT2D eigenvalue weighted by Gasteiger charge is -2.21. The van der Waals surface area contributed by atoms with Crippen LogP contribution in [0.5, 0.6) is 0 Å². The summed E-state index contributed by atoms with van der Waals surface area (Å²) < 4.78 is 13.6. The van der Waals surface area contributed by atoms with Gasteiger partial charge in [0.2, 0.25) is 0 Å². The van der Waals surface area contributed by atoms with Crippen molar-refractivity contribution in [3.05, 3.63) is 71.0 Å². The molecule has 0 amide bonds. The minimum absolute atomic E-state index is 0.151. The Labute approximate surface area is 133 Å². The van der Waals surface area contributed by atoms with E-state index in [1.807, 2.05) is 12.1 Å². The molecule has 3 heteroatoms. The van der Waals surface area contributed by atoms with Crippen LogP contribution in [-0.2, 0) is 19.6 Å². The molecule has 118 valence electrons. The average Bonchev–Trinajstić information content (AvgIpc) is 2.49. The number of rotatable bonds is 7. The molecule has 0 radical (unpaired) electrons. The summed E-state index contributed by atoms with van der Waals surface area (Å²) >= 11 is 0. The van der Waals surface area contributed by atoms with E-state index in [0.29, 0.717) is 18.2 Å². The minimum atomic E-state index is -0.151. The molecule has 0 heterocycles. The topological polar surface area (TPSA) is 15.3 Å². The summed E-state index contributed by atoms with van der Waals surface area (Å²) in [5, 5.41) is 3.31. The van der Waals surface area contributed by atoms with Crippen molar-refractivity contribution in [3.63, 3.8) is 0 Å². The monoisotopic (exact) mass is 300 g/mol. The highest BCUT2D eigenvalue weighted by Crippen LogP contribution is 2.10. The lowest BCUT2D eigenvalue weighted by Crippen LogP contribution is -2.25. The Morgan fingerprint density at radius 1 is 1.00 bits per heavy atom. The molecule has 2 aromatic carbocycles. The molecule has 0 aliphatic carbocycles. The van der Waals surface area contributed by atoms with E-state index in [1.54, 1.807) is 6.07 Å². The van der Waals surface area contributed by atoms with E-state index in [-0.39, 0.29) is 5.82 Å². The van der Waals surface area contributed by atoms with E-state index in [0.717, 1.165) is 13.1 Å². The van der Waals surface area contributed by atoms with E-state index in [2.05, 4.69) is 55.4 Å². The summed E-state index contributed by atoms with van der Waals surface area (Å²) in [5.41, 5.74) is 3.24. The molecule has 0 bridgehead atoms. The van der Waals surface area contributed by atoms with Gasteiger partial charge in [0.25, 0.3) is 0 Å². The third-order valence-corrected chi connectivity index (χ3v) is 3.91. The fraction of sp³-hybridized carbons (Fsp3) is 0.368. The molecule has 0 saturated carbocycles. The molecule has 0 spiro atoms. The predicted molar refractivity (Wildman–Crippen MR) is 90.0 cm³/mol. The van der Waals surface area contributed by atoms with Crippen molar-refractivity contribution in [2.75, 3.05) is 7.05 Å². The van der Waals surface area contributed by atoms with Gasteiger partial charge in [-0.25, -0.2) is 4.39 Å². The number of nitrogens with zero attached hydrogens (tertiary/aromatic N) is 1. The van der Waals surface area contributed by atoms with Gasteiger partial charge in [-0.1, -0.05) is 42.5 Å².